The summed E-state index contributed by atoms with van der Waals surface area (Å²) in [6.07, 6.45) is 2.26. The number of amides is 1. The molecule has 0 unspecified atom stereocenters. The van der Waals surface area contributed by atoms with Crippen molar-refractivity contribution in [3.05, 3.63) is 0 Å². The van der Waals surface area contributed by atoms with Gasteiger partial charge in [-0.25, -0.2) is 4.79 Å². The van der Waals surface area contributed by atoms with Gasteiger partial charge < -0.3 is 19.6 Å². The topological polar surface area (TPSA) is 67.8 Å². The van der Waals surface area contributed by atoms with Gasteiger partial charge in [-0.3, -0.25) is 0 Å². The van der Waals surface area contributed by atoms with Crippen LogP contribution < -0.4 is 5.32 Å². The van der Waals surface area contributed by atoms with E-state index in [2.05, 4.69) is 39.2 Å². The van der Waals surface area contributed by atoms with Crippen LogP contribution in [-0.4, -0.2) is 43.9 Å². The third-order valence-electron chi connectivity index (χ3n) is 5.14. The Balaban J connectivity index is 2.62. The smallest absolute Gasteiger partial charge is 0.407 e. The van der Waals surface area contributed by atoms with Crippen molar-refractivity contribution in [2.24, 2.45) is 5.92 Å². The van der Waals surface area contributed by atoms with Crippen LogP contribution in [0.3, 0.4) is 0 Å². The van der Waals surface area contributed by atoms with Gasteiger partial charge in [-0.05, 0) is 58.2 Å². The Hall–Kier alpha value is -0.593. The van der Waals surface area contributed by atoms with Crippen LogP contribution in [0.4, 0.5) is 4.79 Å². The Kier molecular flexibility index (Phi) is 6.92. The number of carbonyl (C=O) groups is 1. The maximum atomic E-state index is 12.0. The minimum atomic E-state index is -1.81. The number of hydrogen-bond acceptors (Lipinski definition) is 4. The van der Waals surface area contributed by atoms with Gasteiger partial charge in [-0.2, -0.15) is 0 Å². The largest absolute Gasteiger partial charge is 0.444 e. The molecule has 0 aromatic rings. The Morgan fingerprint density at radius 1 is 1.17 bits per heavy atom. The van der Waals surface area contributed by atoms with Crippen LogP contribution in [-0.2, 0) is 9.16 Å². The fourth-order valence-corrected chi connectivity index (χ4v) is 4.17. The molecule has 0 bridgehead atoms. The van der Waals surface area contributed by atoms with Gasteiger partial charge in [0.2, 0.25) is 0 Å². The molecule has 2 N–H and O–H groups in total. The number of rotatable bonds is 4. The molecular weight excluding hydrogens is 322 g/mol. The van der Waals surface area contributed by atoms with Gasteiger partial charge in [-0.15, -0.1) is 0 Å². The van der Waals surface area contributed by atoms with Crippen molar-refractivity contribution < 1.29 is 19.1 Å². The minimum Gasteiger partial charge on any atom is -0.444 e. The highest BCUT2D eigenvalue weighted by Crippen LogP contribution is 2.39. The number of hydrogen-bond donors (Lipinski definition) is 2. The third-order valence-corrected chi connectivity index (χ3v) is 9.67. The van der Waals surface area contributed by atoms with E-state index in [4.69, 9.17) is 9.16 Å². The van der Waals surface area contributed by atoms with E-state index >= 15 is 0 Å². The molecule has 6 heteroatoms. The first-order valence-corrected chi connectivity index (χ1v) is 11.9. The molecule has 24 heavy (non-hydrogen) atoms. The second-order valence-corrected chi connectivity index (χ2v) is 14.3. The first kappa shape index (κ1) is 21.4. The van der Waals surface area contributed by atoms with E-state index in [1.54, 1.807) is 0 Å². The van der Waals surface area contributed by atoms with E-state index in [1.165, 1.54) is 0 Å². The van der Waals surface area contributed by atoms with Crippen molar-refractivity contribution >= 4 is 14.4 Å². The van der Waals surface area contributed by atoms with Crippen LogP contribution >= 0.6 is 0 Å². The van der Waals surface area contributed by atoms with Crippen LogP contribution in [0.1, 0.15) is 60.8 Å². The molecule has 0 aliphatic heterocycles. The van der Waals surface area contributed by atoms with E-state index in [0.717, 1.165) is 19.3 Å². The van der Waals surface area contributed by atoms with Crippen LogP contribution in [0, 0.1) is 5.92 Å². The van der Waals surface area contributed by atoms with Gasteiger partial charge in [0.25, 0.3) is 0 Å². The first-order chi connectivity index (χ1) is 10.7. The summed E-state index contributed by atoms with van der Waals surface area (Å²) in [6.45, 7) is 16.8. The Morgan fingerprint density at radius 2 is 1.75 bits per heavy atom. The van der Waals surface area contributed by atoms with Gasteiger partial charge in [0.15, 0.2) is 8.32 Å². The molecule has 1 saturated carbocycles. The Labute approximate surface area is 148 Å². The standard InChI is InChI=1S/C18H37NO4Si/c1-17(2,3)22-16(21)19-15-10-9-14(11-13(15)12-20)23-24(7,8)18(4,5)6/h13-15,20H,9-12H2,1-8H3,(H,19,21)/t13-,14-,15+/m1/s1. The minimum absolute atomic E-state index is 0.0148. The van der Waals surface area contributed by atoms with Crippen molar-refractivity contribution in [2.75, 3.05) is 6.61 Å². The summed E-state index contributed by atoms with van der Waals surface area (Å²) < 4.78 is 11.8. The first-order valence-electron chi connectivity index (χ1n) is 9.03. The average Bonchev–Trinajstić information content (AvgIpc) is 2.36. The molecule has 142 valence electrons. The second-order valence-electron chi connectivity index (χ2n) is 9.51. The predicted octanol–water partition coefficient (Wildman–Crippen LogP) is 4.06. The lowest BCUT2D eigenvalue weighted by molar-refractivity contribution is 0.0325. The lowest BCUT2D eigenvalue weighted by Crippen LogP contribution is -2.51. The fourth-order valence-electron chi connectivity index (χ4n) is 2.77. The van der Waals surface area contributed by atoms with Gasteiger partial charge >= 0.3 is 6.09 Å². The highest BCUT2D eigenvalue weighted by molar-refractivity contribution is 6.74. The maximum Gasteiger partial charge on any atom is 0.407 e. The van der Waals surface area contributed by atoms with Crippen LogP contribution in [0.25, 0.3) is 0 Å². The Morgan fingerprint density at radius 3 is 2.21 bits per heavy atom. The zero-order valence-electron chi connectivity index (χ0n) is 16.7. The molecule has 3 atom stereocenters. The van der Waals surface area contributed by atoms with Gasteiger partial charge in [0, 0.05) is 24.7 Å². The monoisotopic (exact) mass is 359 g/mol. The Bertz CT molecular complexity index is 426. The summed E-state index contributed by atoms with van der Waals surface area (Å²) in [5.74, 6) is 0.0148. The molecule has 1 amide bonds. The molecule has 1 rings (SSSR count). The molecule has 5 nitrogen and oxygen atoms in total. The number of aliphatic hydroxyl groups excluding tert-OH is 1. The van der Waals surface area contributed by atoms with Crippen molar-refractivity contribution in [3.8, 4) is 0 Å². The molecule has 0 aromatic carbocycles. The van der Waals surface area contributed by atoms with Crippen LogP contribution in [0.5, 0.6) is 0 Å². The van der Waals surface area contributed by atoms with E-state index in [0.29, 0.717) is 0 Å². The van der Waals surface area contributed by atoms with Crippen LogP contribution in [0.2, 0.25) is 18.1 Å². The van der Waals surface area contributed by atoms with Gasteiger partial charge in [0.05, 0.1) is 0 Å². The van der Waals surface area contributed by atoms with E-state index in [1.807, 2.05) is 20.8 Å². The molecule has 0 spiro atoms. The lowest BCUT2D eigenvalue weighted by Gasteiger charge is -2.43. The zero-order chi connectivity index (χ0) is 18.8. The summed E-state index contributed by atoms with van der Waals surface area (Å²) in [6, 6.07) is -0.0517. The molecule has 0 radical (unpaired) electrons. The normalized spacial score (nSPS) is 26.1. The van der Waals surface area contributed by atoms with Crippen molar-refractivity contribution in [1.29, 1.82) is 0 Å². The number of alkyl carbamates (subject to hydrolysis) is 1. The summed E-state index contributed by atoms with van der Waals surface area (Å²) in [4.78, 5) is 12.0. The molecular formula is C18H37NO4Si. The van der Waals surface area contributed by atoms with Crippen molar-refractivity contribution in [2.45, 2.75) is 96.7 Å². The summed E-state index contributed by atoms with van der Waals surface area (Å²) >= 11 is 0. The van der Waals surface area contributed by atoms with Gasteiger partial charge in [0.1, 0.15) is 5.60 Å². The molecule has 1 aliphatic carbocycles. The maximum absolute atomic E-state index is 12.0. The number of aliphatic hydroxyl groups is 1. The van der Waals surface area contributed by atoms with E-state index in [-0.39, 0.29) is 29.7 Å². The third kappa shape index (κ3) is 6.37. The molecule has 0 saturated heterocycles. The van der Waals surface area contributed by atoms with Crippen molar-refractivity contribution in [1.82, 2.24) is 5.32 Å². The predicted molar refractivity (Wildman–Crippen MR) is 99.7 cm³/mol. The highest BCUT2D eigenvalue weighted by atomic mass is 28.4. The molecule has 0 aromatic heterocycles. The summed E-state index contributed by atoms with van der Waals surface area (Å²) in [5.41, 5.74) is -0.512. The highest BCUT2D eigenvalue weighted by Gasteiger charge is 2.41. The van der Waals surface area contributed by atoms with E-state index in [9.17, 15) is 9.90 Å². The van der Waals surface area contributed by atoms with E-state index < -0.39 is 20.0 Å². The number of ether oxygens (including phenoxy) is 1. The lowest BCUT2D eigenvalue weighted by atomic mass is 9.83. The summed E-state index contributed by atoms with van der Waals surface area (Å²) in [5, 5.41) is 12.8. The number of nitrogens with one attached hydrogen (secondary N) is 1. The summed E-state index contributed by atoms with van der Waals surface area (Å²) in [7, 11) is -1.81. The average molecular weight is 360 g/mol. The molecule has 0 heterocycles. The quantitative estimate of drug-likeness (QED) is 0.743. The zero-order valence-corrected chi connectivity index (χ0v) is 17.7. The van der Waals surface area contributed by atoms with Gasteiger partial charge in [-0.1, -0.05) is 20.8 Å². The number of carbonyl (C=O) groups excluding carboxylic acids is 1. The fraction of sp³-hybridized carbons (Fsp3) is 0.944. The van der Waals surface area contributed by atoms with Crippen LogP contribution in [0.15, 0.2) is 0 Å². The second kappa shape index (κ2) is 7.75. The molecule has 1 aliphatic rings. The SMILES string of the molecule is CC(C)(C)OC(=O)N[C@H]1CC[C@@H](O[Si](C)(C)C(C)(C)C)C[C@@H]1CO. The van der Waals surface area contributed by atoms with Crippen molar-refractivity contribution in [3.63, 3.8) is 0 Å². The molecule has 1 fully saturated rings.